The molecule has 1 amide bonds. The smallest absolute Gasteiger partial charge is 0.230 e. The minimum absolute atomic E-state index is 0.0127. The van der Waals surface area contributed by atoms with Gasteiger partial charge in [-0.3, -0.25) is 9.78 Å². The molecule has 0 aromatic carbocycles. The molecule has 1 saturated heterocycles. The molecule has 6 nitrogen and oxygen atoms in total. The zero-order chi connectivity index (χ0) is 17.4. The normalized spacial score (nSPS) is 16.9. The lowest BCUT2D eigenvalue weighted by Gasteiger charge is -2.31. The van der Waals surface area contributed by atoms with Crippen molar-refractivity contribution in [1.29, 1.82) is 0 Å². The number of sulfonamides is 1. The van der Waals surface area contributed by atoms with Crippen LogP contribution in [0.1, 0.15) is 31.7 Å². The first kappa shape index (κ1) is 19.2. The molecule has 0 spiro atoms. The molecule has 1 aromatic heterocycles. The van der Waals surface area contributed by atoms with Gasteiger partial charge in [-0.25, -0.2) is 12.7 Å². The van der Waals surface area contributed by atoms with Crippen LogP contribution in [0.15, 0.2) is 24.5 Å². The van der Waals surface area contributed by atoms with Crippen molar-refractivity contribution in [1.82, 2.24) is 14.6 Å². The van der Waals surface area contributed by atoms with Gasteiger partial charge in [0.2, 0.25) is 15.9 Å². The molecule has 1 aromatic rings. The highest BCUT2D eigenvalue weighted by Crippen LogP contribution is 2.16. The van der Waals surface area contributed by atoms with E-state index in [0.29, 0.717) is 38.1 Å². The lowest BCUT2D eigenvalue weighted by molar-refractivity contribution is -0.119. The zero-order valence-electron chi connectivity index (χ0n) is 14.0. The number of rotatable bonds is 8. The molecular formula is C16H25N3O3S2. The van der Waals surface area contributed by atoms with Crippen LogP contribution in [0, 0.1) is 0 Å². The number of carbonyl (C=O) groups excluding carboxylic acids is 1. The molecule has 0 saturated carbocycles. The topological polar surface area (TPSA) is 79.4 Å². The van der Waals surface area contributed by atoms with E-state index in [4.69, 9.17) is 0 Å². The first-order valence-electron chi connectivity index (χ1n) is 8.25. The van der Waals surface area contributed by atoms with E-state index in [-0.39, 0.29) is 17.7 Å². The van der Waals surface area contributed by atoms with E-state index in [1.54, 1.807) is 28.5 Å². The highest BCUT2D eigenvalue weighted by Gasteiger charge is 2.27. The van der Waals surface area contributed by atoms with Crippen LogP contribution in [0.4, 0.5) is 0 Å². The fourth-order valence-electron chi connectivity index (χ4n) is 2.68. The molecule has 2 rings (SSSR count). The molecule has 0 bridgehead atoms. The minimum atomic E-state index is -3.12. The van der Waals surface area contributed by atoms with Gasteiger partial charge in [-0.1, -0.05) is 13.0 Å². The van der Waals surface area contributed by atoms with Gasteiger partial charge in [0, 0.05) is 37.3 Å². The van der Waals surface area contributed by atoms with Crippen LogP contribution in [-0.4, -0.2) is 54.3 Å². The summed E-state index contributed by atoms with van der Waals surface area (Å²) < 4.78 is 25.6. The average Bonchev–Trinajstić information content (AvgIpc) is 2.56. The fraction of sp³-hybridized carbons (Fsp3) is 0.625. The van der Waals surface area contributed by atoms with Crippen molar-refractivity contribution in [3.05, 3.63) is 30.1 Å². The molecule has 1 fully saturated rings. The zero-order valence-corrected chi connectivity index (χ0v) is 15.6. The first-order chi connectivity index (χ1) is 11.5. The summed E-state index contributed by atoms with van der Waals surface area (Å²) in [6.07, 6.45) is 5.53. The number of thioether (sulfide) groups is 1. The summed E-state index contributed by atoms with van der Waals surface area (Å²) in [5, 5.41) is 3.01. The van der Waals surface area contributed by atoms with Gasteiger partial charge < -0.3 is 5.32 Å². The van der Waals surface area contributed by atoms with Gasteiger partial charge in [-0.05, 0) is 30.9 Å². The minimum Gasteiger partial charge on any atom is -0.353 e. The Morgan fingerprint density at radius 2 is 2.17 bits per heavy atom. The van der Waals surface area contributed by atoms with Gasteiger partial charge in [0.15, 0.2) is 0 Å². The standard InChI is InChI=1S/C16H25N3O3S2/c1-2-10-24(21,22)19-8-5-15(6-9-19)18-16(20)13-23-12-14-4-3-7-17-11-14/h3-4,7,11,15H,2,5-6,8-10,12-13H2,1H3,(H,18,20). The van der Waals surface area contributed by atoms with E-state index in [9.17, 15) is 13.2 Å². The van der Waals surface area contributed by atoms with Crippen LogP contribution in [-0.2, 0) is 20.6 Å². The lowest BCUT2D eigenvalue weighted by atomic mass is 10.1. The second-order valence-corrected chi connectivity index (χ2v) is 8.98. The first-order valence-corrected chi connectivity index (χ1v) is 11.0. The maximum Gasteiger partial charge on any atom is 0.230 e. The van der Waals surface area contributed by atoms with Crippen LogP contribution in [0.3, 0.4) is 0 Å². The third kappa shape index (κ3) is 6.07. The number of amides is 1. The molecule has 0 unspecified atom stereocenters. The van der Waals surface area contributed by atoms with Crippen molar-refractivity contribution in [3.63, 3.8) is 0 Å². The molecular weight excluding hydrogens is 346 g/mol. The Kier molecular flexibility index (Phi) is 7.51. The Labute approximate surface area is 148 Å². The molecule has 1 N–H and O–H groups in total. The van der Waals surface area contributed by atoms with Crippen LogP contribution < -0.4 is 5.32 Å². The number of nitrogens with zero attached hydrogens (tertiary/aromatic N) is 2. The van der Waals surface area contributed by atoms with E-state index < -0.39 is 10.0 Å². The third-order valence-electron chi connectivity index (χ3n) is 3.90. The quantitative estimate of drug-likeness (QED) is 0.751. The Balaban J connectivity index is 1.67. The molecule has 2 heterocycles. The number of carbonyl (C=O) groups is 1. The average molecular weight is 372 g/mol. The van der Waals surface area contributed by atoms with Gasteiger partial charge >= 0.3 is 0 Å². The molecule has 0 aliphatic carbocycles. The summed E-state index contributed by atoms with van der Waals surface area (Å²) in [4.78, 5) is 16.1. The van der Waals surface area contributed by atoms with E-state index in [1.807, 2.05) is 19.1 Å². The van der Waals surface area contributed by atoms with Gasteiger partial charge in [0.25, 0.3) is 0 Å². The van der Waals surface area contributed by atoms with Gasteiger partial charge in [0.1, 0.15) is 0 Å². The molecule has 24 heavy (non-hydrogen) atoms. The van der Waals surface area contributed by atoms with Gasteiger partial charge in [0.05, 0.1) is 11.5 Å². The number of nitrogens with one attached hydrogen (secondary N) is 1. The summed E-state index contributed by atoms with van der Waals surface area (Å²) in [7, 11) is -3.12. The Bertz CT molecular complexity index is 615. The molecule has 1 aliphatic rings. The summed E-state index contributed by atoms with van der Waals surface area (Å²) in [6.45, 7) is 2.86. The monoisotopic (exact) mass is 371 g/mol. The molecule has 0 atom stereocenters. The van der Waals surface area contributed by atoms with E-state index in [2.05, 4.69) is 10.3 Å². The van der Waals surface area contributed by atoms with E-state index in [0.717, 1.165) is 11.3 Å². The number of piperidine rings is 1. The number of pyridine rings is 1. The highest BCUT2D eigenvalue weighted by atomic mass is 32.2. The Morgan fingerprint density at radius 3 is 2.79 bits per heavy atom. The van der Waals surface area contributed by atoms with Crippen molar-refractivity contribution in [2.45, 2.75) is 38.0 Å². The predicted octanol–water partition coefficient (Wildman–Crippen LogP) is 1.64. The fourth-order valence-corrected chi connectivity index (χ4v) is 5.00. The van der Waals surface area contributed by atoms with Crippen molar-refractivity contribution in [2.24, 2.45) is 0 Å². The van der Waals surface area contributed by atoms with E-state index >= 15 is 0 Å². The highest BCUT2D eigenvalue weighted by molar-refractivity contribution is 7.99. The van der Waals surface area contributed by atoms with Crippen molar-refractivity contribution < 1.29 is 13.2 Å². The summed E-state index contributed by atoms with van der Waals surface area (Å²) in [5.41, 5.74) is 1.10. The largest absolute Gasteiger partial charge is 0.353 e. The molecule has 1 aliphatic heterocycles. The second kappa shape index (κ2) is 9.39. The SMILES string of the molecule is CCCS(=O)(=O)N1CCC(NC(=O)CSCc2cccnc2)CC1. The lowest BCUT2D eigenvalue weighted by Crippen LogP contribution is -2.47. The van der Waals surface area contributed by atoms with Crippen molar-refractivity contribution in [3.8, 4) is 0 Å². The number of hydrogen-bond acceptors (Lipinski definition) is 5. The molecule has 8 heteroatoms. The summed E-state index contributed by atoms with van der Waals surface area (Å²) in [5.74, 6) is 1.38. The molecule has 134 valence electrons. The summed E-state index contributed by atoms with van der Waals surface area (Å²) >= 11 is 1.56. The third-order valence-corrected chi connectivity index (χ3v) is 6.98. The van der Waals surface area contributed by atoms with Crippen molar-refractivity contribution >= 4 is 27.7 Å². The van der Waals surface area contributed by atoms with Crippen molar-refractivity contribution in [2.75, 3.05) is 24.6 Å². The van der Waals surface area contributed by atoms with Gasteiger partial charge in [-0.15, -0.1) is 11.8 Å². The van der Waals surface area contributed by atoms with E-state index in [1.165, 1.54) is 0 Å². The number of aromatic nitrogens is 1. The van der Waals surface area contributed by atoms with Crippen LogP contribution in [0.5, 0.6) is 0 Å². The Hall–Kier alpha value is -1.12. The number of hydrogen-bond donors (Lipinski definition) is 1. The summed E-state index contributed by atoms with van der Waals surface area (Å²) in [6, 6.07) is 3.95. The van der Waals surface area contributed by atoms with Crippen LogP contribution >= 0.6 is 11.8 Å². The van der Waals surface area contributed by atoms with Crippen LogP contribution in [0.2, 0.25) is 0 Å². The maximum absolute atomic E-state index is 12.0. The van der Waals surface area contributed by atoms with Gasteiger partial charge in [-0.2, -0.15) is 0 Å². The predicted molar refractivity (Wildman–Crippen MR) is 97.2 cm³/mol. The maximum atomic E-state index is 12.0. The Morgan fingerprint density at radius 1 is 1.42 bits per heavy atom. The van der Waals surface area contributed by atoms with Crippen LogP contribution in [0.25, 0.3) is 0 Å². The second-order valence-electron chi connectivity index (χ2n) is 5.91. The molecule has 0 radical (unpaired) electrons.